The highest BCUT2D eigenvalue weighted by atomic mass is 19.2. The summed E-state index contributed by atoms with van der Waals surface area (Å²) in [5.41, 5.74) is 3.46. The number of ether oxygens (including phenoxy) is 1. The lowest BCUT2D eigenvalue weighted by atomic mass is 9.90. The van der Waals surface area contributed by atoms with E-state index in [9.17, 15) is 22.4 Å². The van der Waals surface area contributed by atoms with Crippen LogP contribution in [0.1, 0.15) is 59.6 Å². The Labute approximate surface area is 223 Å². The second-order valence-electron chi connectivity index (χ2n) is 10.3. The molecule has 4 bridgehead atoms. The summed E-state index contributed by atoms with van der Waals surface area (Å²) in [6.45, 7) is 9.23. The largest absolute Gasteiger partial charge is 0.349 e. The predicted molar refractivity (Wildman–Crippen MR) is 143 cm³/mol. The van der Waals surface area contributed by atoms with Gasteiger partial charge in [0.1, 0.15) is 12.5 Å². The summed E-state index contributed by atoms with van der Waals surface area (Å²) >= 11 is 0. The van der Waals surface area contributed by atoms with Gasteiger partial charge in [0.05, 0.1) is 16.8 Å². The van der Waals surface area contributed by atoms with E-state index in [2.05, 4.69) is 25.4 Å². The Kier molecular flexibility index (Phi) is 5.95. The van der Waals surface area contributed by atoms with E-state index in [4.69, 9.17) is 4.74 Å². The van der Waals surface area contributed by atoms with Crippen LogP contribution in [0, 0.1) is 17.6 Å². The summed E-state index contributed by atoms with van der Waals surface area (Å²) in [5.74, 6) is -4.60. The second kappa shape index (κ2) is 9.12. The molecule has 0 saturated carbocycles. The van der Waals surface area contributed by atoms with Crippen LogP contribution in [0.5, 0.6) is 0 Å². The van der Waals surface area contributed by atoms with Crippen molar-refractivity contribution in [2.24, 2.45) is 5.92 Å². The minimum absolute atomic E-state index is 0.138. The molecule has 39 heavy (non-hydrogen) atoms. The number of amides is 1. The Morgan fingerprint density at radius 1 is 1.15 bits per heavy atom. The number of nitrogens with zero attached hydrogens (tertiary/aromatic N) is 2. The topological polar surface area (TPSA) is 46.5 Å². The first-order valence-corrected chi connectivity index (χ1v) is 12.9. The number of nitrogens with one attached hydrogen (secondary N) is 1. The fraction of sp³-hybridized carbons (Fsp3) is 0.300. The molecule has 1 fully saturated rings. The van der Waals surface area contributed by atoms with Gasteiger partial charge in [0.2, 0.25) is 0 Å². The average Bonchev–Trinajstić information content (AvgIpc) is 3.45. The van der Waals surface area contributed by atoms with Crippen LogP contribution < -0.4 is 10.2 Å². The smallest absolute Gasteiger partial charge is 0.252 e. The molecule has 4 heterocycles. The van der Waals surface area contributed by atoms with E-state index >= 15 is 0 Å². The maximum Gasteiger partial charge on any atom is 0.252 e. The van der Waals surface area contributed by atoms with Gasteiger partial charge < -0.3 is 19.5 Å². The molecule has 3 aliphatic rings. The van der Waals surface area contributed by atoms with Gasteiger partial charge in [0.15, 0.2) is 23.3 Å². The molecule has 3 aliphatic heterocycles. The van der Waals surface area contributed by atoms with Gasteiger partial charge in [-0.05, 0) is 54.2 Å². The Balaban J connectivity index is 1.81. The highest BCUT2D eigenvalue weighted by Crippen LogP contribution is 2.48. The molecule has 1 amide bonds. The van der Waals surface area contributed by atoms with E-state index < -0.39 is 41.7 Å². The molecular formula is C30H27F4N3O2. The first kappa shape index (κ1) is 25.4. The number of rotatable bonds is 4. The predicted octanol–water partition coefficient (Wildman–Crippen LogP) is 7.38. The number of hydrogen-bond acceptors (Lipinski definition) is 3. The number of halogens is 4. The molecule has 3 aromatic rings. The molecule has 0 aliphatic carbocycles. The van der Waals surface area contributed by atoms with Gasteiger partial charge in [0, 0.05) is 41.9 Å². The fourth-order valence-corrected chi connectivity index (χ4v) is 6.27. The number of hydrogen-bond donors (Lipinski definition) is 1. The van der Waals surface area contributed by atoms with Crippen molar-refractivity contribution < 1.29 is 27.1 Å². The Morgan fingerprint density at radius 2 is 1.87 bits per heavy atom. The van der Waals surface area contributed by atoms with Gasteiger partial charge in [-0.3, -0.25) is 4.79 Å². The van der Waals surface area contributed by atoms with Crippen LogP contribution in [0.25, 0.3) is 34.2 Å². The highest BCUT2D eigenvalue weighted by Gasteiger charge is 2.39. The monoisotopic (exact) mass is 537 g/mol. The maximum atomic E-state index is 14.7. The van der Waals surface area contributed by atoms with Gasteiger partial charge in [-0.2, -0.15) is 0 Å². The summed E-state index contributed by atoms with van der Waals surface area (Å²) in [5, 5.41) is 3.22. The quantitative estimate of drug-likeness (QED) is 0.279. The number of allylic oxidation sites excluding steroid dienone is 2. The zero-order chi connectivity index (χ0) is 27.7. The molecule has 1 saturated heterocycles. The molecule has 0 spiro atoms. The summed E-state index contributed by atoms with van der Waals surface area (Å²) in [6, 6.07) is 4.09. The van der Waals surface area contributed by atoms with Crippen molar-refractivity contribution in [3.05, 3.63) is 77.0 Å². The second-order valence-corrected chi connectivity index (χ2v) is 10.3. The zero-order valence-corrected chi connectivity index (χ0v) is 21.6. The summed E-state index contributed by atoms with van der Waals surface area (Å²) in [7, 11) is 1.78. The maximum absolute atomic E-state index is 14.7. The first-order chi connectivity index (χ1) is 18.6. The summed E-state index contributed by atoms with van der Waals surface area (Å²) < 4.78 is 66.4. The first-order valence-electron chi connectivity index (χ1n) is 12.9. The van der Waals surface area contributed by atoms with Gasteiger partial charge in [0.25, 0.3) is 5.91 Å². The molecule has 1 N–H and O–H groups in total. The molecule has 202 valence electrons. The summed E-state index contributed by atoms with van der Waals surface area (Å²) in [6.07, 6.45) is 3.66. The third-order valence-electron chi connectivity index (χ3n) is 8.24. The SMILES string of the molecule is C=Cc1c(/C=C(/F)C(=C)F)c2c3c(c4cc2n1[C@H]1CC(CC)C[C@H](O1)N(C)c1cc(F)c(F)cc1-4)CNC3=O. The molecule has 1 aromatic heterocycles. The molecule has 1 unspecified atom stereocenters. The molecule has 9 heteroatoms. The number of benzene rings is 2. The van der Waals surface area contributed by atoms with Gasteiger partial charge in [-0.15, -0.1) is 0 Å². The van der Waals surface area contributed by atoms with Gasteiger partial charge >= 0.3 is 0 Å². The van der Waals surface area contributed by atoms with Crippen LogP contribution in [0.3, 0.4) is 0 Å². The number of fused-ring (bicyclic) bond motifs is 9. The van der Waals surface area contributed by atoms with E-state index in [0.29, 0.717) is 51.8 Å². The van der Waals surface area contributed by atoms with Crippen LogP contribution in [0.4, 0.5) is 23.2 Å². The van der Waals surface area contributed by atoms with Crippen LogP contribution in [-0.4, -0.2) is 23.7 Å². The zero-order valence-electron chi connectivity index (χ0n) is 21.6. The van der Waals surface area contributed by atoms with Crippen molar-refractivity contribution in [3.8, 4) is 11.1 Å². The third-order valence-corrected chi connectivity index (χ3v) is 8.24. The molecule has 2 aromatic carbocycles. The molecular weight excluding hydrogens is 510 g/mol. The van der Waals surface area contributed by atoms with Crippen molar-refractivity contribution in [1.82, 2.24) is 9.88 Å². The molecule has 0 radical (unpaired) electrons. The normalized spacial score (nSPS) is 22.1. The van der Waals surface area contributed by atoms with Gasteiger partial charge in [-0.25, -0.2) is 17.6 Å². The van der Waals surface area contributed by atoms with E-state index in [1.807, 2.05) is 9.47 Å². The molecule has 6 rings (SSSR count). The Morgan fingerprint density at radius 3 is 2.56 bits per heavy atom. The van der Waals surface area contributed by atoms with E-state index in [-0.39, 0.29) is 23.6 Å². The Bertz CT molecular complexity index is 1620. The number of carbonyl (C=O) groups is 1. The average molecular weight is 538 g/mol. The number of anilines is 1. The van der Waals surface area contributed by atoms with Crippen LogP contribution in [0.15, 0.2) is 43.0 Å². The molecule has 5 nitrogen and oxygen atoms in total. The number of aromatic nitrogens is 1. The van der Waals surface area contributed by atoms with Crippen molar-refractivity contribution in [2.45, 2.75) is 45.2 Å². The van der Waals surface area contributed by atoms with Crippen molar-refractivity contribution >= 4 is 34.6 Å². The lowest BCUT2D eigenvalue weighted by Crippen LogP contribution is -2.42. The lowest BCUT2D eigenvalue weighted by molar-refractivity contribution is -0.106. The van der Waals surface area contributed by atoms with Crippen molar-refractivity contribution in [3.63, 3.8) is 0 Å². The lowest BCUT2D eigenvalue weighted by Gasteiger charge is -2.42. The van der Waals surface area contributed by atoms with E-state index in [1.54, 1.807) is 13.1 Å². The third kappa shape index (κ3) is 3.74. The minimum atomic E-state index is -1.24. The highest BCUT2D eigenvalue weighted by molar-refractivity contribution is 6.16. The van der Waals surface area contributed by atoms with Gasteiger partial charge in [-0.1, -0.05) is 26.5 Å². The van der Waals surface area contributed by atoms with E-state index in [1.165, 1.54) is 6.08 Å². The van der Waals surface area contributed by atoms with Crippen LogP contribution in [-0.2, 0) is 11.3 Å². The standard InChI is InChI=1S/C30H27F4N3O2/c1-5-15-7-26-36(4)24-12-22(34)21(33)9-17(24)16-11-25-28(29-19(16)13-35-30(29)38)18(10-20(32)14(3)31)23(6-2)37(25)27(8-15)39-26/h6,9-12,15,26-27H,2-3,5,7-8,13H2,1,4H3,(H,35,38)/b20-10+/t15?,26-,27+/m0/s1. The van der Waals surface area contributed by atoms with Crippen molar-refractivity contribution in [1.29, 1.82) is 0 Å². The summed E-state index contributed by atoms with van der Waals surface area (Å²) in [4.78, 5) is 15.1. The van der Waals surface area contributed by atoms with Crippen molar-refractivity contribution in [2.75, 3.05) is 11.9 Å². The van der Waals surface area contributed by atoms with Crippen LogP contribution in [0.2, 0.25) is 0 Å². The number of carbonyl (C=O) groups excluding carboxylic acids is 1. The minimum Gasteiger partial charge on any atom is -0.349 e. The van der Waals surface area contributed by atoms with E-state index in [0.717, 1.165) is 24.6 Å². The molecule has 3 atom stereocenters. The fourth-order valence-electron chi connectivity index (χ4n) is 6.27. The Hall–Kier alpha value is -3.85. The van der Waals surface area contributed by atoms with Crippen LogP contribution >= 0.6 is 0 Å².